The first-order chi connectivity index (χ1) is 11.9. The van der Waals surface area contributed by atoms with Crippen LogP contribution >= 0.6 is 23.2 Å². The van der Waals surface area contributed by atoms with E-state index in [1.807, 2.05) is 6.92 Å². The van der Waals surface area contributed by atoms with Crippen molar-refractivity contribution in [1.29, 1.82) is 0 Å². The molecule has 4 nitrogen and oxygen atoms in total. The molecule has 0 aromatic heterocycles. The van der Waals surface area contributed by atoms with Crippen molar-refractivity contribution in [3.63, 3.8) is 0 Å². The van der Waals surface area contributed by atoms with Crippen molar-refractivity contribution in [1.82, 2.24) is 4.90 Å². The lowest BCUT2D eigenvalue weighted by molar-refractivity contribution is -0.121. The molecule has 1 aliphatic heterocycles. The van der Waals surface area contributed by atoms with Gasteiger partial charge < -0.3 is 9.80 Å². The van der Waals surface area contributed by atoms with E-state index in [4.69, 9.17) is 23.2 Å². The summed E-state index contributed by atoms with van der Waals surface area (Å²) in [7, 11) is 0. The van der Waals surface area contributed by atoms with Gasteiger partial charge in [0.1, 0.15) is 12.4 Å². The Morgan fingerprint density at radius 3 is 2.56 bits per heavy atom. The summed E-state index contributed by atoms with van der Waals surface area (Å²) >= 11 is 11.7. The summed E-state index contributed by atoms with van der Waals surface area (Å²) in [5, 5.41) is 0.739. The normalized spacial score (nSPS) is 17.8. The molecule has 25 heavy (non-hydrogen) atoms. The zero-order chi connectivity index (χ0) is 18.1. The van der Waals surface area contributed by atoms with E-state index in [9.17, 15) is 14.0 Å². The minimum absolute atomic E-state index is 0.0970. The van der Waals surface area contributed by atoms with Gasteiger partial charge in [-0.1, -0.05) is 29.3 Å². The summed E-state index contributed by atoms with van der Waals surface area (Å²) in [6.07, 6.45) is 0. The van der Waals surface area contributed by atoms with E-state index in [1.54, 1.807) is 29.2 Å². The number of benzene rings is 2. The van der Waals surface area contributed by atoms with E-state index in [-0.39, 0.29) is 29.1 Å². The molecule has 2 amide bonds. The van der Waals surface area contributed by atoms with Crippen LogP contribution in [0.2, 0.25) is 10.0 Å². The Hall–Kier alpha value is -2.11. The zero-order valence-corrected chi connectivity index (χ0v) is 14.9. The van der Waals surface area contributed by atoms with Crippen LogP contribution < -0.4 is 4.90 Å². The highest BCUT2D eigenvalue weighted by Crippen LogP contribution is 2.25. The molecule has 0 radical (unpaired) electrons. The minimum Gasteiger partial charge on any atom is -0.325 e. The molecule has 0 saturated carbocycles. The molecule has 2 aromatic rings. The Kier molecular flexibility index (Phi) is 4.97. The average Bonchev–Trinajstić information content (AvgIpc) is 2.56. The van der Waals surface area contributed by atoms with Crippen LogP contribution in [0.25, 0.3) is 0 Å². The molecule has 0 aliphatic carbocycles. The van der Waals surface area contributed by atoms with E-state index < -0.39 is 11.7 Å². The molecule has 3 rings (SSSR count). The van der Waals surface area contributed by atoms with Crippen LogP contribution in [0.5, 0.6) is 0 Å². The van der Waals surface area contributed by atoms with Gasteiger partial charge in [0, 0.05) is 28.3 Å². The Bertz CT molecular complexity index is 844. The monoisotopic (exact) mass is 380 g/mol. The fourth-order valence-corrected chi connectivity index (χ4v) is 3.18. The van der Waals surface area contributed by atoms with Gasteiger partial charge in [0.25, 0.3) is 5.91 Å². The third-order valence-corrected chi connectivity index (χ3v) is 4.60. The molecule has 130 valence electrons. The molecule has 1 saturated heterocycles. The van der Waals surface area contributed by atoms with Gasteiger partial charge in [-0.15, -0.1) is 0 Å². The van der Waals surface area contributed by atoms with E-state index in [2.05, 4.69) is 0 Å². The lowest BCUT2D eigenvalue weighted by atomic mass is 10.1. The predicted molar refractivity (Wildman–Crippen MR) is 95.7 cm³/mol. The number of anilines is 1. The first kappa shape index (κ1) is 17.7. The van der Waals surface area contributed by atoms with Gasteiger partial charge in [-0.25, -0.2) is 4.39 Å². The SMILES string of the molecule is C[C@@H]1CN(c2cccc(Cl)c2)C(=O)CN1C(=O)c1ccc(Cl)cc1F. The maximum Gasteiger partial charge on any atom is 0.257 e. The summed E-state index contributed by atoms with van der Waals surface area (Å²) in [6.45, 7) is 1.99. The Morgan fingerprint density at radius 1 is 1.16 bits per heavy atom. The molecule has 1 heterocycles. The molecule has 0 N–H and O–H groups in total. The lowest BCUT2D eigenvalue weighted by Crippen LogP contribution is -2.57. The topological polar surface area (TPSA) is 40.6 Å². The minimum atomic E-state index is -0.700. The number of nitrogens with zero attached hydrogens (tertiary/aromatic N) is 2. The first-order valence-electron chi connectivity index (χ1n) is 7.69. The third-order valence-electron chi connectivity index (χ3n) is 4.13. The van der Waals surface area contributed by atoms with Crippen LogP contribution in [-0.4, -0.2) is 35.8 Å². The van der Waals surface area contributed by atoms with Crippen LogP contribution in [0.15, 0.2) is 42.5 Å². The number of rotatable bonds is 2. The average molecular weight is 381 g/mol. The molecule has 1 aliphatic rings. The smallest absolute Gasteiger partial charge is 0.257 e. The molecule has 0 spiro atoms. The van der Waals surface area contributed by atoms with Crippen LogP contribution in [0.1, 0.15) is 17.3 Å². The highest BCUT2D eigenvalue weighted by atomic mass is 35.5. The largest absolute Gasteiger partial charge is 0.325 e. The quantitative estimate of drug-likeness (QED) is 0.789. The Balaban J connectivity index is 1.82. The van der Waals surface area contributed by atoms with Crippen molar-refractivity contribution in [2.45, 2.75) is 13.0 Å². The molecule has 7 heteroatoms. The highest BCUT2D eigenvalue weighted by Gasteiger charge is 2.34. The molecule has 1 atom stereocenters. The summed E-state index contributed by atoms with van der Waals surface area (Å²) < 4.78 is 14.0. The van der Waals surface area contributed by atoms with Crippen LogP contribution in [0.3, 0.4) is 0 Å². The van der Waals surface area contributed by atoms with E-state index in [0.717, 1.165) is 6.07 Å². The van der Waals surface area contributed by atoms with Gasteiger partial charge in [0.2, 0.25) is 5.91 Å². The van der Waals surface area contributed by atoms with Crippen molar-refractivity contribution >= 4 is 40.7 Å². The van der Waals surface area contributed by atoms with Gasteiger partial charge in [0.05, 0.1) is 5.56 Å². The molecule has 0 bridgehead atoms. The van der Waals surface area contributed by atoms with Crippen LogP contribution in [0, 0.1) is 5.82 Å². The van der Waals surface area contributed by atoms with E-state index in [0.29, 0.717) is 17.3 Å². The number of carbonyl (C=O) groups is 2. The molecule has 1 fully saturated rings. The van der Waals surface area contributed by atoms with Gasteiger partial charge >= 0.3 is 0 Å². The van der Waals surface area contributed by atoms with Gasteiger partial charge in [-0.05, 0) is 43.3 Å². The van der Waals surface area contributed by atoms with Crippen LogP contribution in [-0.2, 0) is 4.79 Å². The molecular formula is C18H15Cl2FN2O2. The second kappa shape index (κ2) is 7.02. The van der Waals surface area contributed by atoms with Crippen LogP contribution in [0.4, 0.5) is 10.1 Å². The Morgan fingerprint density at radius 2 is 1.88 bits per heavy atom. The summed E-state index contributed by atoms with van der Waals surface area (Å²) in [5.74, 6) is -1.47. The fourth-order valence-electron chi connectivity index (χ4n) is 2.83. The van der Waals surface area contributed by atoms with Crippen molar-refractivity contribution in [3.8, 4) is 0 Å². The van der Waals surface area contributed by atoms with Crippen molar-refractivity contribution in [2.75, 3.05) is 18.0 Å². The second-order valence-corrected chi connectivity index (χ2v) is 6.76. The maximum atomic E-state index is 14.0. The van der Waals surface area contributed by atoms with Crippen molar-refractivity contribution in [3.05, 3.63) is 63.9 Å². The third kappa shape index (κ3) is 3.62. The summed E-state index contributed by atoms with van der Waals surface area (Å²) in [4.78, 5) is 28.1. The fraction of sp³-hybridized carbons (Fsp3) is 0.222. The Labute approximate surface area is 154 Å². The number of hydrogen-bond donors (Lipinski definition) is 0. The van der Waals surface area contributed by atoms with Gasteiger partial charge in [0.15, 0.2) is 0 Å². The number of hydrogen-bond acceptors (Lipinski definition) is 2. The number of carbonyl (C=O) groups excluding carboxylic acids is 2. The first-order valence-corrected chi connectivity index (χ1v) is 8.44. The molecule has 2 aromatic carbocycles. The second-order valence-electron chi connectivity index (χ2n) is 5.89. The zero-order valence-electron chi connectivity index (χ0n) is 13.4. The van der Waals surface area contributed by atoms with E-state index >= 15 is 0 Å². The van der Waals surface area contributed by atoms with Crippen molar-refractivity contribution < 1.29 is 14.0 Å². The highest BCUT2D eigenvalue weighted by molar-refractivity contribution is 6.31. The molecular weight excluding hydrogens is 366 g/mol. The summed E-state index contributed by atoms with van der Waals surface area (Å²) in [6, 6.07) is 10.6. The maximum absolute atomic E-state index is 14.0. The predicted octanol–water partition coefficient (Wildman–Crippen LogP) is 4.01. The number of amides is 2. The summed E-state index contributed by atoms with van der Waals surface area (Å²) in [5.41, 5.74) is 0.578. The number of piperazine rings is 1. The van der Waals surface area contributed by atoms with Gasteiger partial charge in [-0.2, -0.15) is 0 Å². The van der Waals surface area contributed by atoms with Crippen molar-refractivity contribution in [2.24, 2.45) is 0 Å². The van der Waals surface area contributed by atoms with E-state index in [1.165, 1.54) is 17.0 Å². The van der Waals surface area contributed by atoms with Gasteiger partial charge in [-0.3, -0.25) is 9.59 Å². The number of halogens is 3. The lowest BCUT2D eigenvalue weighted by Gasteiger charge is -2.39. The molecule has 0 unspecified atom stereocenters. The standard InChI is InChI=1S/C18H15Cl2FN2O2/c1-11-9-23(14-4-2-3-12(19)7-14)17(24)10-22(11)18(25)15-6-5-13(20)8-16(15)21/h2-8,11H,9-10H2,1H3/t11-/m1/s1.